The predicted molar refractivity (Wildman–Crippen MR) is 149 cm³/mol. The standard InChI is InChI=1S/C28H33N3O3.C2HF3O2/c1-27(2,3)21-12-14-22(15-13-21)31(26(34)19-9-7-11-23(32)17-19)24(20-10-8-16-29-18-20)25(33)30-28(4,5)6;3-2(4,5)1(6)7/h7-18,24,32H,1-6H3,(H,30,33);(H,6,7). The highest BCUT2D eigenvalue weighted by Gasteiger charge is 2.38. The molecule has 2 amide bonds. The van der Waals surface area contributed by atoms with E-state index in [0.717, 1.165) is 5.56 Å². The molecule has 0 spiro atoms. The van der Waals surface area contributed by atoms with Crippen LogP contribution in [0.4, 0.5) is 18.9 Å². The van der Waals surface area contributed by atoms with Gasteiger partial charge in [-0.3, -0.25) is 19.5 Å². The summed E-state index contributed by atoms with van der Waals surface area (Å²) in [6, 6.07) is 16.4. The Hall–Kier alpha value is -4.41. The number of carbonyl (C=O) groups is 3. The zero-order valence-electron chi connectivity index (χ0n) is 23.7. The van der Waals surface area contributed by atoms with Crippen molar-refractivity contribution < 1.29 is 37.8 Å². The number of carbonyl (C=O) groups excluding carboxylic acids is 2. The molecule has 220 valence electrons. The van der Waals surface area contributed by atoms with Crippen LogP contribution in [0.15, 0.2) is 73.1 Å². The second kappa shape index (κ2) is 12.8. The number of halogens is 3. The number of anilines is 1. The van der Waals surface area contributed by atoms with Crippen LogP contribution in [0.5, 0.6) is 5.75 Å². The van der Waals surface area contributed by atoms with Crippen LogP contribution in [0.25, 0.3) is 0 Å². The number of rotatable bonds is 5. The van der Waals surface area contributed by atoms with Crippen molar-refractivity contribution in [3.8, 4) is 5.75 Å². The summed E-state index contributed by atoms with van der Waals surface area (Å²) in [4.78, 5) is 42.1. The van der Waals surface area contributed by atoms with E-state index in [1.165, 1.54) is 17.0 Å². The number of aromatic hydroxyl groups is 1. The lowest BCUT2D eigenvalue weighted by Gasteiger charge is -2.34. The monoisotopic (exact) mass is 573 g/mol. The number of benzene rings is 2. The van der Waals surface area contributed by atoms with Crippen molar-refractivity contribution in [1.29, 1.82) is 0 Å². The minimum atomic E-state index is -5.08. The quantitative estimate of drug-likeness (QED) is 0.343. The number of nitrogens with one attached hydrogen (secondary N) is 1. The molecule has 1 atom stereocenters. The summed E-state index contributed by atoms with van der Waals surface area (Å²) >= 11 is 0. The van der Waals surface area contributed by atoms with Crippen molar-refractivity contribution in [2.75, 3.05) is 4.90 Å². The number of aromatic nitrogens is 1. The number of nitrogens with zero attached hydrogens (tertiary/aromatic N) is 2. The Bertz CT molecular complexity index is 1350. The fourth-order valence-corrected chi connectivity index (χ4v) is 3.68. The third-order valence-electron chi connectivity index (χ3n) is 5.57. The smallest absolute Gasteiger partial charge is 0.490 e. The average molecular weight is 574 g/mol. The van der Waals surface area contributed by atoms with Crippen molar-refractivity contribution in [1.82, 2.24) is 10.3 Å². The maximum atomic E-state index is 13.9. The van der Waals surface area contributed by atoms with Crippen molar-refractivity contribution in [2.45, 2.75) is 64.7 Å². The molecule has 0 radical (unpaired) electrons. The lowest BCUT2D eigenvalue weighted by Crippen LogP contribution is -2.49. The predicted octanol–water partition coefficient (Wildman–Crippen LogP) is 6.02. The molecule has 41 heavy (non-hydrogen) atoms. The summed E-state index contributed by atoms with van der Waals surface area (Å²) < 4.78 is 31.7. The highest BCUT2D eigenvalue weighted by Crippen LogP contribution is 2.32. The molecule has 3 aromatic rings. The molecule has 1 aromatic heterocycles. The summed E-state index contributed by atoms with van der Waals surface area (Å²) in [6.45, 7) is 12.0. The highest BCUT2D eigenvalue weighted by atomic mass is 19.4. The van der Waals surface area contributed by atoms with Crippen molar-refractivity contribution in [2.24, 2.45) is 0 Å². The van der Waals surface area contributed by atoms with Crippen LogP contribution in [-0.4, -0.2) is 44.7 Å². The summed E-state index contributed by atoms with van der Waals surface area (Å²) in [6.07, 6.45) is -1.86. The normalized spacial score (nSPS) is 12.4. The first kappa shape index (κ1) is 32.8. The molecule has 8 nitrogen and oxygen atoms in total. The first-order chi connectivity index (χ1) is 18.8. The van der Waals surface area contributed by atoms with Crippen LogP contribution < -0.4 is 10.2 Å². The van der Waals surface area contributed by atoms with Crippen LogP contribution in [-0.2, 0) is 15.0 Å². The number of phenolic OH excluding ortho intramolecular Hbond substituents is 1. The second-order valence-electron chi connectivity index (χ2n) is 11.3. The Labute approximate surface area is 236 Å². The van der Waals surface area contributed by atoms with Crippen molar-refractivity contribution in [3.63, 3.8) is 0 Å². The molecule has 3 rings (SSSR count). The molecule has 0 saturated heterocycles. The lowest BCUT2D eigenvalue weighted by molar-refractivity contribution is -0.192. The van der Waals surface area contributed by atoms with Crippen LogP contribution in [0.3, 0.4) is 0 Å². The van der Waals surface area contributed by atoms with Crippen molar-refractivity contribution >= 4 is 23.5 Å². The molecular formula is C30H34F3N3O5. The lowest BCUT2D eigenvalue weighted by atomic mass is 9.87. The molecule has 0 aliphatic heterocycles. The minimum absolute atomic E-state index is 0.0223. The van der Waals surface area contributed by atoms with Gasteiger partial charge < -0.3 is 15.5 Å². The van der Waals surface area contributed by atoms with Crippen LogP contribution in [0.1, 0.15) is 69.1 Å². The van der Waals surface area contributed by atoms with Crippen LogP contribution in [0.2, 0.25) is 0 Å². The van der Waals surface area contributed by atoms with Gasteiger partial charge in [0.25, 0.3) is 5.91 Å². The fourth-order valence-electron chi connectivity index (χ4n) is 3.68. The molecule has 11 heteroatoms. The number of alkyl halides is 3. The van der Waals surface area contributed by atoms with E-state index in [4.69, 9.17) is 9.90 Å². The van der Waals surface area contributed by atoms with Gasteiger partial charge in [-0.2, -0.15) is 13.2 Å². The third-order valence-corrected chi connectivity index (χ3v) is 5.57. The van der Waals surface area contributed by atoms with E-state index in [-0.39, 0.29) is 22.6 Å². The summed E-state index contributed by atoms with van der Waals surface area (Å²) in [7, 11) is 0. The van der Waals surface area contributed by atoms with E-state index in [1.807, 2.05) is 45.0 Å². The molecule has 3 N–H and O–H groups in total. The maximum absolute atomic E-state index is 13.9. The van der Waals surface area contributed by atoms with Gasteiger partial charge >= 0.3 is 12.1 Å². The number of carboxylic acids is 1. The fraction of sp³-hybridized carbons (Fsp3) is 0.333. The summed E-state index contributed by atoms with van der Waals surface area (Å²) in [5.41, 5.74) is 1.96. The largest absolute Gasteiger partial charge is 0.508 e. The molecule has 0 aliphatic carbocycles. The van der Waals surface area contributed by atoms with Gasteiger partial charge in [-0.05, 0) is 68.1 Å². The number of amides is 2. The molecule has 1 unspecified atom stereocenters. The molecule has 2 aromatic carbocycles. The molecule has 0 aliphatic rings. The van der Waals surface area contributed by atoms with Crippen molar-refractivity contribution in [3.05, 3.63) is 89.7 Å². The van der Waals surface area contributed by atoms with E-state index in [0.29, 0.717) is 11.3 Å². The van der Waals surface area contributed by atoms with E-state index >= 15 is 0 Å². The Balaban J connectivity index is 0.000000745. The number of hydrogen-bond acceptors (Lipinski definition) is 5. The zero-order chi connectivity index (χ0) is 31.2. The first-order valence-electron chi connectivity index (χ1n) is 12.6. The topological polar surface area (TPSA) is 120 Å². The van der Waals surface area contributed by atoms with Gasteiger partial charge in [-0.25, -0.2) is 4.79 Å². The molecule has 0 fully saturated rings. The van der Waals surface area contributed by atoms with Gasteiger partial charge in [0.15, 0.2) is 0 Å². The summed E-state index contributed by atoms with van der Waals surface area (Å²) in [5.74, 6) is -3.51. The van der Waals surface area contributed by atoms with E-state index in [1.54, 1.807) is 36.7 Å². The number of hydrogen-bond donors (Lipinski definition) is 3. The number of pyridine rings is 1. The molecular weight excluding hydrogens is 539 g/mol. The first-order valence-corrected chi connectivity index (χ1v) is 12.6. The molecule has 0 saturated carbocycles. The van der Waals surface area contributed by atoms with Gasteiger partial charge in [0, 0.05) is 34.7 Å². The molecule has 1 heterocycles. The minimum Gasteiger partial charge on any atom is -0.508 e. The Morgan fingerprint density at radius 1 is 0.902 bits per heavy atom. The van der Waals surface area contributed by atoms with Gasteiger partial charge in [0.2, 0.25) is 5.91 Å². The maximum Gasteiger partial charge on any atom is 0.490 e. The second-order valence-corrected chi connectivity index (χ2v) is 11.3. The van der Waals surface area contributed by atoms with E-state index < -0.39 is 29.6 Å². The SMILES string of the molecule is CC(C)(C)NC(=O)C(c1cccnc1)N(C(=O)c1cccc(O)c1)c1ccc(C(C)(C)C)cc1.O=C(O)C(F)(F)F. The Kier molecular flexibility index (Phi) is 10.3. The zero-order valence-corrected chi connectivity index (χ0v) is 23.7. The Morgan fingerprint density at radius 2 is 1.49 bits per heavy atom. The van der Waals surface area contributed by atoms with Gasteiger partial charge in [-0.1, -0.05) is 45.0 Å². The number of aliphatic carboxylic acids is 1. The van der Waals surface area contributed by atoms with Gasteiger partial charge in [0.1, 0.15) is 11.8 Å². The third kappa shape index (κ3) is 9.63. The van der Waals surface area contributed by atoms with E-state index in [9.17, 15) is 27.9 Å². The van der Waals surface area contributed by atoms with Gasteiger partial charge in [-0.15, -0.1) is 0 Å². The number of phenols is 1. The van der Waals surface area contributed by atoms with E-state index in [2.05, 4.69) is 31.1 Å². The highest BCUT2D eigenvalue weighted by molar-refractivity contribution is 6.10. The summed E-state index contributed by atoms with van der Waals surface area (Å²) in [5, 5.41) is 20.1. The average Bonchev–Trinajstić information content (AvgIpc) is 2.85. The van der Waals surface area contributed by atoms with Gasteiger partial charge in [0.05, 0.1) is 0 Å². The molecule has 0 bridgehead atoms. The Morgan fingerprint density at radius 3 is 1.93 bits per heavy atom. The van der Waals surface area contributed by atoms with Crippen LogP contribution >= 0.6 is 0 Å². The number of carboxylic acid groups (broad SMARTS) is 1. The van der Waals surface area contributed by atoms with Crippen LogP contribution in [0, 0.1) is 0 Å².